The Balaban J connectivity index is 3.58. The standard InChI is InChI=1S/C4H9O4/c1-6-4(5,7-2)8-3/h1-3H3. The van der Waals surface area contributed by atoms with Gasteiger partial charge in [0.05, 0.1) is 0 Å². The predicted octanol–water partition coefficient (Wildman–Crippen LogP) is -0.0326. The lowest BCUT2D eigenvalue weighted by Crippen LogP contribution is -2.33. The number of hydrogen-bond acceptors (Lipinski definition) is 3. The Bertz CT molecular complexity index is 50.8. The third-order valence-corrected chi connectivity index (χ3v) is 0.750. The molecule has 0 aromatic heterocycles. The summed E-state index contributed by atoms with van der Waals surface area (Å²) in [4.78, 5) is 0. The lowest BCUT2D eigenvalue weighted by Gasteiger charge is -2.17. The molecule has 1 radical (unpaired) electrons. The Labute approximate surface area is 48.0 Å². The average molecular weight is 121 g/mol. The summed E-state index contributed by atoms with van der Waals surface area (Å²) in [6.45, 7) is 0. The van der Waals surface area contributed by atoms with Crippen LogP contribution in [0.25, 0.3) is 0 Å². The molecule has 0 amide bonds. The number of methoxy groups -OCH3 is 3. The van der Waals surface area contributed by atoms with E-state index in [2.05, 4.69) is 14.2 Å². The summed E-state index contributed by atoms with van der Waals surface area (Å²) in [6, 6.07) is 0. The van der Waals surface area contributed by atoms with E-state index >= 15 is 0 Å². The molecule has 49 valence electrons. The van der Waals surface area contributed by atoms with Gasteiger partial charge in [-0.25, -0.2) is 0 Å². The topological polar surface area (TPSA) is 47.6 Å². The molecule has 0 aromatic carbocycles. The van der Waals surface area contributed by atoms with Crippen molar-refractivity contribution in [1.29, 1.82) is 0 Å². The second-order valence-electron chi connectivity index (χ2n) is 1.11. The van der Waals surface area contributed by atoms with Crippen LogP contribution in [0.2, 0.25) is 0 Å². The smallest absolute Gasteiger partial charge is 0.305 e. The summed E-state index contributed by atoms with van der Waals surface area (Å²) in [5.41, 5.74) is 0. The minimum atomic E-state index is -2.13. The minimum Gasteiger partial charge on any atom is -0.305 e. The van der Waals surface area contributed by atoms with Gasteiger partial charge in [-0.1, -0.05) is 0 Å². The van der Waals surface area contributed by atoms with Crippen molar-refractivity contribution < 1.29 is 19.3 Å². The van der Waals surface area contributed by atoms with Crippen molar-refractivity contribution in [3.05, 3.63) is 0 Å². The molecule has 0 heterocycles. The molecule has 0 aromatic rings. The SMILES string of the molecule is COC([O])(OC)OC. The zero-order chi connectivity index (χ0) is 6.62. The largest absolute Gasteiger partial charge is 0.439 e. The van der Waals surface area contributed by atoms with Crippen LogP contribution in [0, 0.1) is 0 Å². The highest BCUT2D eigenvalue weighted by Gasteiger charge is 2.27. The van der Waals surface area contributed by atoms with Crippen LogP contribution in [-0.2, 0) is 19.3 Å². The van der Waals surface area contributed by atoms with Crippen LogP contribution in [0.1, 0.15) is 0 Å². The van der Waals surface area contributed by atoms with Gasteiger partial charge in [-0.15, -0.1) is 5.11 Å². The van der Waals surface area contributed by atoms with E-state index in [9.17, 15) is 5.11 Å². The highest BCUT2D eigenvalue weighted by Crippen LogP contribution is 2.05. The first kappa shape index (κ1) is 7.84. The molecule has 0 aliphatic heterocycles. The fraction of sp³-hybridized carbons (Fsp3) is 1.00. The molecule has 0 bridgehead atoms. The van der Waals surface area contributed by atoms with Crippen LogP contribution in [0.15, 0.2) is 0 Å². The van der Waals surface area contributed by atoms with Gasteiger partial charge in [0.25, 0.3) is 0 Å². The fourth-order valence-electron chi connectivity index (χ4n) is 0.250. The van der Waals surface area contributed by atoms with Gasteiger partial charge < -0.3 is 14.2 Å². The van der Waals surface area contributed by atoms with Gasteiger partial charge in [0.1, 0.15) is 0 Å². The summed E-state index contributed by atoms with van der Waals surface area (Å²) in [5, 5.41) is 10.5. The normalized spacial score (nSPS) is 12.0. The molecule has 0 aliphatic carbocycles. The van der Waals surface area contributed by atoms with Crippen LogP contribution in [0.3, 0.4) is 0 Å². The summed E-state index contributed by atoms with van der Waals surface area (Å²) in [7, 11) is 3.62. The first-order chi connectivity index (χ1) is 3.68. The first-order valence-electron chi connectivity index (χ1n) is 2.04. The van der Waals surface area contributed by atoms with Gasteiger partial charge >= 0.3 is 6.16 Å². The molecular weight excluding hydrogens is 112 g/mol. The number of ether oxygens (including phenoxy) is 3. The van der Waals surface area contributed by atoms with Crippen molar-refractivity contribution in [1.82, 2.24) is 0 Å². The van der Waals surface area contributed by atoms with Gasteiger partial charge in [0, 0.05) is 21.3 Å². The van der Waals surface area contributed by atoms with Crippen LogP contribution in [-0.4, -0.2) is 27.5 Å². The highest BCUT2D eigenvalue weighted by molar-refractivity contribution is 4.23. The monoisotopic (exact) mass is 121 g/mol. The fourth-order valence-corrected chi connectivity index (χ4v) is 0.250. The van der Waals surface area contributed by atoms with Crippen molar-refractivity contribution in [2.45, 2.75) is 6.16 Å². The van der Waals surface area contributed by atoms with Crippen molar-refractivity contribution in [2.75, 3.05) is 21.3 Å². The Hall–Kier alpha value is -0.160. The third-order valence-electron chi connectivity index (χ3n) is 0.750. The summed E-state index contributed by atoms with van der Waals surface area (Å²) < 4.78 is 12.7. The molecular formula is C4H9O4. The Kier molecular flexibility index (Phi) is 2.93. The van der Waals surface area contributed by atoms with E-state index in [-0.39, 0.29) is 0 Å². The van der Waals surface area contributed by atoms with Crippen molar-refractivity contribution in [3.63, 3.8) is 0 Å². The van der Waals surface area contributed by atoms with Crippen LogP contribution in [0.4, 0.5) is 0 Å². The van der Waals surface area contributed by atoms with E-state index in [0.29, 0.717) is 0 Å². The minimum absolute atomic E-state index is 1.21. The van der Waals surface area contributed by atoms with Crippen LogP contribution < -0.4 is 0 Å². The highest BCUT2D eigenvalue weighted by atomic mass is 17.0. The molecule has 8 heavy (non-hydrogen) atoms. The van der Waals surface area contributed by atoms with Crippen molar-refractivity contribution in [3.8, 4) is 0 Å². The van der Waals surface area contributed by atoms with Crippen molar-refractivity contribution in [2.24, 2.45) is 0 Å². The van der Waals surface area contributed by atoms with Gasteiger partial charge in [0.2, 0.25) is 0 Å². The lowest BCUT2D eigenvalue weighted by atomic mass is 11.0. The Morgan fingerprint density at radius 3 is 1.25 bits per heavy atom. The average Bonchev–Trinajstić information content (AvgIpc) is 1.87. The zero-order valence-corrected chi connectivity index (χ0v) is 5.13. The van der Waals surface area contributed by atoms with E-state index in [1.54, 1.807) is 0 Å². The van der Waals surface area contributed by atoms with E-state index in [0.717, 1.165) is 0 Å². The quantitative estimate of drug-likeness (QED) is 0.492. The van der Waals surface area contributed by atoms with Crippen molar-refractivity contribution >= 4 is 0 Å². The summed E-state index contributed by atoms with van der Waals surface area (Å²) in [6.07, 6.45) is -2.13. The molecule has 4 heteroatoms. The third kappa shape index (κ3) is 1.75. The summed E-state index contributed by atoms with van der Waals surface area (Å²) in [5.74, 6) is 0. The molecule has 4 nitrogen and oxygen atoms in total. The molecule has 0 atom stereocenters. The second kappa shape index (κ2) is 2.99. The van der Waals surface area contributed by atoms with Crippen LogP contribution in [0.5, 0.6) is 0 Å². The summed E-state index contributed by atoms with van der Waals surface area (Å²) >= 11 is 0. The second-order valence-corrected chi connectivity index (χ2v) is 1.11. The molecule has 0 N–H and O–H groups in total. The molecule has 0 unspecified atom stereocenters. The molecule has 0 fully saturated rings. The number of rotatable bonds is 3. The Morgan fingerprint density at radius 1 is 1.00 bits per heavy atom. The molecule has 0 saturated carbocycles. The lowest BCUT2D eigenvalue weighted by molar-refractivity contribution is -0.488. The van der Waals surface area contributed by atoms with Gasteiger partial charge in [-0.05, 0) is 0 Å². The first-order valence-corrected chi connectivity index (χ1v) is 2.04. The van der Waals surface area contributed by atoms with Gasteiger partial charge in [-0.3, -0.25) is 0 Å². The maximum absolute atomic E-state index is 10.5. The van der Waals surface area contributed by atoms with E-state index < -0.39 is 6.16 Å². The van der Waals surface area contributed by atoms with E-state index in [1.807, 2.05) is 0 Å². The van der Waals surface area contributed by atoms with E-state index in [1.165, 1.54) is 21.3 Å². The molecule has 0 spiro atoms. The van der Waals surface area contributed by atoms with Gasteiger partial charge in [0.15, 0.2) is 0 Å². The van der Waals surface area contributed by atoms with E-state index in [4.69, 9.17) is 0 Å². The maximum atomic E-state index is 10.5. The molecule has 0 saturated heterocycles. The number of hydrogen-bond donors (Lipinski definition) is 0. The maximum Gasteiger partial charge on any atom is 0.439 e. The zero-order valence-electron chi connectivity index (χ0n) is 5.13. The predicted molar refractivity (Wildman–Crippen MR) is 24.4 cm³/mol. The van der Waals surface area contributed by atoms with Crippen LogP contribution >= 0.6 is 0 Å². The van der Waals surface area contributed by atoms with Gasteiger partial charge in [-0.2, -0.15) is 0 Å². The Morgan fingerprint density at radius 2 is 1.25 bits per heavy atom. The molecule has 0 aliphatic rings. The molecule has 0 rings (SSSR count).